The van der Waals surface area contributed by atoms with Crippen LogP contribution in [0.4, 0.5) is 5.69 Å². The lowest BCUT2D eigenvalue weighted by atomic mass is 10.1. The van der Waals surface area contributed by atoms with Gasteiger partial charge in [-0.25, -0.2) is 9.69 Å². The molecule has 0 aliphatic carbocycles. The van der Waals surface area contributed by atoms with Crippen LogP contribution < -0.4 is 4.90 Å². The number of fused-ring (bicyclic) bond motifs is 1. The summed E-state index contributed by atoms with van der Waals surface area (Å²) in [6, 6.07) is 14.3. The van der Waals surface area contributed by atoms with Crippen molar-refractivity contribution in [3.63, 3.8) is 0 Å². The molecule has 33 heavy (non-hydrogen) atoms. The molecular formula is C26H22N2O5. The molecule has 2 amide bonds. The lowest BCUT2D eigenvalue weighted by molar-refractivity contribution is 0.0474. The Kier molecular flexibility index (Phi) is 5.79. The molecule has 1 aliphatic rings. The van der Waals surface area contributed by atoms with E-state index in [1.54, 1.807) is 48.5 Å². The molecule has 0 unspecified atom stereocenters. The Hall–Kier alpha value is -4.26. The van der Waals surface area contributed by atoms with Gasteiger partial charge in [0, 0.05) is 23.5 Å². The fourth-order valence-corrected chi connectivity index (χ4v) is 3.98. The number of nitrogens with zero attached hydrogens (tertiary/aromatic N) is 2. The first-order chi connectivity index (χ1) is 15.8. The smallest absolute Gasteiger partial charge is 0.338 e. The van der Waals surface area contributed by atoms with E-state index >= 15 is 0 Å². The maximum atomic E-state index is 12.7. The number of carbonyl (C=O) groups excluding carboxylic acids is 4. The molecule has 0 N–H and O–H groups in total. The van der Waals surface area contributed by atoms with Crippen LogP contribution in [0.25, 0.3) is 0 Å². The number of aryl methyl sites for hydroxylation is 1. The number of benzene rings is 2. The first kappa shape index (κ1) is 22.0. The van der Waals surface area contributed by atoms with Crippen LogP contribution >= 0.6 is 0 Å². The van der Waals surface area contributed by atoms with Gasteiger partial charge >= 0.3 is 5.97 Å². The molecule has 1 aromatic heterocycles. The second-order valence-corrected chi connectivity index (χ2v) is 7.73. The van der Waals surface area contributed by atoms with Crippen LogP contribution in [0.3, 0.4) is 0 Å². The second-order valence-electron chi connectivity index (χ2n) is 7.73. The number of anilines is 1. The summed E-state index contributed by atoms with van der Waals surface area (Å²) in [7, 11) is 0. The third-order valence-corrected chi connectivity index (χ3v) is 5.65. The molecule has 0 bridgehead atoms. The Morgan fingerprint density at radius 2 is 1.64 bits per heavy atom. The fraction of sp³-hybridized carbons (Fsp3) is 0.154. The third-order valence-electron chi connectivity index (χ3n) is 5.65. The monoisotopic (exact) mass is 442 g/mol. The number of hydrogen-bond donors (Lipinski definition) is 0. The van der Waals surface area contributed by atoms with Crippen molar-refractivity contribution < 1.29 is 23.9 Å². The van der Waals surface area contributed by atoms with Gasteiger partial charge in [-0.05, 0) is 50.2 Å². The second kappa shape index (κ2) is 8.70. The van der Waals surface area contributed by atoms with E-state index in [2.05, 4.69) is 6.58 Å². The number of aromatic nitrogens is 1. The molecule has 2 heterocycles. The first-order valence-electron chi connectivity index (χ1n) is 10.4. The summed E-state index contributed by atoms with van der Waals surface area (Å²) in [5.74, 6) is -1.94. The maximum absolute atomic E-state index is 12.7. The number of ether oxygens (including phenoxy) is 1. The van der Waals surface area contributed by atoms with Crippen LogP contribution in [0, 0.1) is 13.8 Å². The van der Waals surface area contributed by atoms with Gasteiger partial charge in [-0.3, -0.25) is 14.4 Å². The van der Waals surface area contributed by atoms with E-state index in [0.717, 1.165) is 16.3 Å². The summed E-state index contributed by atoms with van der Waals surface area (Å²) in [6.45, 7) is 7.60. The van der Waals surface area contributed by atoms with Gasteiger partial charge in [0.1, 0.15) is 0 Å². The van der Waals surface area contributed by atoms with Crippen molar-refractivity contribution >= 4 is 29.3 Å². The SMILES string of the molecule is C=CCn1c(C)cc(C(=O)COC(=O)c2cccc(N3C(=O)c4ccccc4C3=O)c2)c1C. The van der Waals surface area contributed by atoms with Crippen molar-refractivity contribution in [1.82, 2.24) is 4.57 Å². The van der Waals surface area contributed by atoms with Crippen molar-refractivity contribution in [1.29, 1.82) is 0 Å². The number of amides is 2. The molecule has 1 aliphatic heterocycles. The highest BCUT2D eigenvalue weighted by Crippen LogP contribution is 2.29. The molecule has 7 nitrogen and oxygen atoms in total. The summed E-state index contributed by atoms with van der Waals surface area (Å²) in [5.41, 5.74) is 3.20. The van der Waals surface area contributed by atoms with Gasteiger partial charge in [-0.2, -0.15) is 0 Å². The molecular weight excluding hydrogens is 420 g/mol. The summed E-state index contributed by atoms with van der Waals surface area (Å²) in [6.07, 6.45) is 1.75. The van der Waals surface area contributed by atoms with Crippen LogP contribution in [0.2, 0.25) is 0 Å². The summed E-state index contributed by atoms with van der Waals surface area (Å²) < 4.78 is 7.19. The number of rotatable bonds is 7. The number of allylic oxidation sites excluding steroid dienone is 1. The third kappa shape index (κ3) is 3.89. The van der Waals surface area contributed by atoms with Crippen LogP contribution in [-0.4, -0.2) is 34.7 Å². The molecule has 2 aromatic carbocycles. The lowest BCUT2D eigenvalue weighted by Crippen LogP contribution is -2.29. The summed E-state index contributed by atoms with van der Waals surface area (Å²) in [5, 5.41) is 0. The van der Waals surface area contributed by atoms with Crippen LogP contribution in [0.1, 0.15) is 52.8 Å². The van der Waals surface area contributed by atoms with Gasteiger partial charge in [0.15, 0.2) is 6.61 Å². The zero-order chi connectivity index (χ0) is 23.7. The highest BCUT2D eigenvalue weighted by molar-refractivity contribution is 6.34. The number of hydrogen-bond acceptors (Lipinski definition) is 5. The molecule has 0 fully saturated rings. The number of carbonyl (C=O) groups is 4. The van der Waals surface area contributed by atoms with Gasteiger partial charge in [0.25, 0.3) is 11.8 Å². The molecule has 0 radical (unpaired) electrons. The maximum Gasteiger partial charge on any atom is 0.338 e. The minimum Gasteiger partial charge on any atom is -0.454 e. The molecule has 0 atom stereocenters. The summed E-state index contributed by atoms with van der Waals surface area (Å²) >= 11 is 0. The van der Waals surface area contributed by atoms with Gasteiger partial charge < -0.3 is 9.30 Å². The zero-order valence-electron chi connectivity index (χ0n) is 18.3. The lowest BCUT2D eigenvalue weighted by Gasteiger charge is -2.14. The summed E-state index contributed by atoms with van der Waals surface area (Å²) in [4.78, 5) is 51.7. The van der Waals surface area contributed by atoms with Crippen molar-refractivity contribution in [3.8, 4) is 0 Å². The average Bonchev–Trinajstić information content (AvgIpc) is 3.25. The van der Waals surface area contributed by atoms with Crippen molar-refractivity contribution in [3.05, 3.63) is 101 Å². The van der Waals surface area contributed by atoms with Crippen LogP contribution in [0.5, 0.6) is 0 Å². The number of Topliss-reactive ketones (excluding diaryl/α,β-unsaturated/α-hetero) is 1. The molecule has 166 valence electrons. The molecule has 7 heteroatoms. The van der Waals surface area contributed by atoms with Crippen LogP contribution in [0.15, 0.2) is 67.3 Å². The van der Waals surface area contributed by atoms with Gasteiger partial charge in [0.2, 0.25) is 5.78 Å². The average molecular weight is 442 g/mol. The Morgan fingerprint density at radius 3 is 2.27 bits per heavy atom. The van der Waals surface area contributed by atoms with Gasteiger partial charge in [-0.1, -0.05) is 24.3 Å². The van der Waals surface area contributed by atoms with E-state index in [1.807, 2.05) is 18.4 Å². The van der Waals surface area contributed by atoms with Gasteiger partial charge in [-0.15, -0.1) is 6.58 Å². The van der Waals surface area contributed by atoms with Crippen LogP contribution in [-0.2, 0) is 11.3 Å². The number of ketones is 1. The molecule has 3 aromatic rings. The standard InChI is InChI=1S/C26H22N2O5/c1-4-12-27-16(2)13-22(17(27)3)23(29)15-33-26(32)18-8-7-9-19(14-18)28-24(30)20-10-5-6-11-21(20)25(28)31/h4-11,13-14H,1,12,15H2,2-3H3. The van der Waals surface area contributed by atoms with Crippen molar-refractivity contribution in [2.45, 2.75) is 20.4 Å². The van der Waals surface area contributed by atoms with Gasteiger partial charge in [0.05, 0.1) is 22.4 Å². The normalized spacial score (nSPS) is 12.6. The Bertz CT molecular complexity index is 1280. The highest BCUT2D eigenvalue weighted by atomic mass is 16.5. The predicted molar refractivity (Wildman–Crippen MR) is 123 cm³/mol. The minimum absolute atomic E-state index is 0.133. The first-order valence-corrected chi connectivity index (χ1v) is 10.4. The number of imide groups is 1. The Morgan fingerprint density at radius 1 is 0.970 bits per heavy atom. The Labute approximate surface area is 190 Å². The van der Waals surface area contributed by atoms with E-state index in [9.17, 15) is 19.2 Å². The molecule has 0 spiro atoms. The number of esters is 1. The van der Waals surface area contributed by atoms with Crippen molar-refractivity contribution in [2.75, 3.05) is 11.5 Å². The van der Waals surface area contributed by atoms with E-state index < -0.39 is 24.4 Å². The van der Waals surface area contributed by atoms with E-state index in [-0.39, 0.29) is 17.0 Å². The highest BCUT2D eigenvalue weighted by Gasteiger charge is 2.36. The molecule has 0 saturated carbocycles. The van der Waals surface area contributed by atoms with E-state index in [1.165, 1.54) is 12.1 Å². The van der Waals surface area contributed by atoms with E-state index in [0.29, 0.717) is 23.2 Å². The van der Waals surface area contributed by atoms with Crippen molar-refractivity contribution in [2.24, 2.45) is 0 Å². The zero-order valence-corrected chi connectivity index (χ0v) is 18.3. The quantitative estimate of drug-likeness (QED) is 0.238. The van der Waals surface area contributed by atoms with E-state index in [4.69, 9.17) is 4.74 Å². The topological polar surface area (TPSA) is 85.7 Å². The largest absolute Gasteiger partial charge is 0.454 e. The molecule has 0 saturated heterocycles. The Balaban J connectivity index is 1.49. The fourth-order valence-electron chi connectivity index (χ4n) is 3.98. The minimum atomic E-state index is -0.721. The molecule has 4 rings (SSSR count). The predicted octanol–water partition coefficient (Wildman–Crippen LogP) is 4.13.